The standard InChI is InChI=1S/C15H12N2O2S2/c1-9-3-2-6-16-14(9)15-17-11(8-20-15)12-5-4-10(21-12)7-13(18)19/h2-6,8H,7H2,1H3,(H,18,19). The van der Waals surface area contributed by atoms with Gasteiger partial charge in [-0.2, -0.15) is 0 Å². The Bertz CT molecular complexity index is 792. The van der Waals surface area contributed by atoms with Crippen molar-refractivity contribution in [2.45, 2.75) is 13.3 Å². The maximum absolute atomic E-state index is 10.7. The molecule has 0 amide bonds. The number of aryl methyl sites for hydroxylation is 1. The summed E-state index contributed by atoms with van der Waals surface area (Å²) in [6.45, 7) is 2.01. The summed E-state index contributed by atoms with van der Waals surface area (Å²) in [7, 11) is 0. The minimum atomic E-state index is -0.813. The van der Waals surface area contributed by atoms with Crippen LogP contribution in [0.2, 0.25) is 0 Å². The Kier molecular flexibility index (Phi) is 3.81. The summed E-state index contributed by atoms with van der Waals surface area (Å²) in [6.07, 6.45) is 1.82. The van der Waals surface area contributed by atoms with Gasteiger partial charge in [0.2, 0.25) is 0 Å². The largest absolute Gasteiger partial charge is 0.481 e. The van der Waals surface area contributed by atoms with E-state index in [2.05, 4.69) is 9.97 Å². The minimum Gasteiger partial charge on any atom is -0.481 e. The van der Waals surface area contributed by atoms with Crippen molar-refractivity contribution < 1.29 is 9.90 Å². The van der Waals surface area contributed by atoms with E-state index in [1.54, 1.807) is 17.5 Å². The summed E-state index contributed by atoms with van der Waals surface area (Å²) in [5.74, 6) is -0.813. The molecule has 0 saturated heterocycles. The van der Waals surface area contributed by atoms with Crippen molar-refractivity contribution in [1.29, 1.82) is 0 Å². The Morgan fingerprint density at radius 3 is 2.95 bits per heavy atom. The summed E-state index contributed by atoms with van der Waals surface area (Å²) < 4.78 is 0. The molecule has 0 unspecified atom stereocenters. The lowest BCUT2D eigenvalue weighted by molar-refractivity contribution is -0.136. The second-order valence-corrected chi connectivity index (χ2v) is 6.57. The van der Waals surface area contributed by atoms with E-state index in [9.17, 15) is 4.79 Å². The number of hydrogen-bond acceptors (Lipinski definition) is 5. The Hall–Kier alpha value is -2.05. The molecule has 0 bridgehead atoms. The van der Waals surface area contributed by atoms with Crippen LogP contribution >= 0.6 is 22.7 Å². The van der Waals surface area contributed by atoms with Gasteiger partial charge >= 0.3 is 5.97 Å². The molecule has 4 nitrogen and oxygen atoms in total. The predicted octanol–water partition coefficient (Wildman–Crippen LogP) is 3.87. The van der Waals surface area contributed by atoms with Crippen molar-refractivity contribution in [2.24, 2.45) is 0 Å². The average molecular weight is 316 g/mol. The van der Waals surface area contributed by atoms with Crippen molar-refractivity contribution in [3.63, 3.8) is 0 Å². The first-order chi connectivity index (χ1) is 10.1. The molecule has 0 aliphatic carbocycles. The molecule has 3 heterocycles. The molecule has 0 radical (unpaired) electrons. The van der Waals surface area contributed by atoms with Gasteiger partial charge in [-0.1, -0.05) is 6.07 Å². The van der Waals surface area contributed by atoms with Crippen molar-refractivity contribution in [2.75, 3.05) is 0 Å². The summed E-state index contributed by atoms with van der Waals surface area (Å²) in [6, 6.07) is 7.69. The Labute approximate surface area is 129 Å². The number of thiazole rings is 1. The zero-order chi connectivity index (χ0) is 14.8. The molecule has 0 fully saturated rings. The van der Waals surface area contributed by atoms with Crippen molar-refractivity contribution >= 4 is 28.6 Å². The number of aliphatic carboxylic acids is 1. The number of aromatic nitrogens is 2. The summed E-state index contributed by atoms with van der Waals surface area (Å²) in [5.41, 5.74) is 2.87. The quantitative estimate of drug-likeness (QED) is 0.793. The first-order valence-electron chi connectivity index (χ1n) is 6.32. The fraction of sp³-hybridized carbons (Fsp3) is 0.133. The number of thiophene rings is 1. The van der Waals surface area contributed by atoms with E-state index in [-0.39, 0.29) is 6.42 Å². The predicted molar refractivity (Wildman–Crippen MR) is 84.7 cm³/mol. The van der Waals surface area contributed by atoms with Crippen LogP contribution in [0.3, 0.4) is 0 Å². The smallest absolute Gasteiger partial charge is 0.308 e. The van der Waals surface area contributed by atoms with Crippen LogP contribution in [0.4, 0.5) is 0 Å². The minimum absolute atomic E-state index is 0.0566. The zero-order valence-corrected chi connectivity index (χ0v) is 12.9. The molecular weight excluding hydrogens is 304 g/mol. The van der Waals surface area contributed by atoms with Crippen LogP contribution in [-0.2, 0) is 11.2 Å². The highest BCUT2D eigenvalue weighted by atomic mass is 32.1. The lowest BCUT2D eigenvalue weighted by Gasteiger charge is -1.98. The lowest BCUT2D eigenvalue weighted by atomic mass is 10.2. The Morgan fingerprint density at radius 2 is 2.19 bits per heavy atom. The SMILES string of the molecule is Cc1cccnc1-c1nc(-c2ccc(CC(=O)O)s2)cs1. The number of rotatable bonds is 4. The van der Waals surface area contributed by atoms with Gasteiger partial charge in [-0.15, -0.1) is 22.7 Å². The van der Waals surface area contributed by atoms with Gasteiger partial charge in [0.25, 0.3) is 0 Å². The van der Waals surface area contributed by atoms with E-state index in [1.807, 2.05) is 36.6 Å². The van der Waals surface area contributed by atoms with Gasteiger partial charge in [0.1, 0.15) is 10.7 Å². The van der Waals surface area contributed by atoms with Gasteiger partial charge in [0.15, 0.2) is 0 Å². The molecule has 0 spiro atoms. The number of carbonyl (C=O) groups is 1. The van der Waals surface area contributed by atoms with E-state index < -0.39 is 5.97 Å². The van der Waals surface area contributed by atoms with Crippen LogP contribution in [0.1, 0.15) is 10.4 Å². The fourth-order valence-corrected chi connectivity index (χ4v) is 3.88. The Balaban J connectivity index is 1.90. The van der Waals surface area contributed by atoms with Crippen LogP contribution < -0.4 is 0 Å². The molecule has 0 aromatic carbocycles. The lowest BCUT2D eigenvalue weighted by Crippen LogP contribution is -1.96. The number of carboxylic acid groups (broad SMARTS) is 1. The number of pyridine rings is 1. The van der Waals surface area contributed by atoms with Gasteiger partial charge in [-0.3, -0.25) is 9.78 Å². The molecular formula is C15H12N2O2S2. The van der Waals surface area contributed by atoms with E-state index in [1.165, 1.54) is 11.3 Å². The summed E-state index contributed by atoms with van der Waals surface area (Å²) >= 11 is 3.02. The van der Waals surface area contributed by atoms with Gasteiger partial charge in [-0.25, -0.2) is 4.98 Å². The fourth-order valence-electron chi connectivity index (χ4n) is 1.96. The molecule has 3 rings (SSSR count). The molecule has 0 aliphatic rings. The monoisotopic (exact) mass is 316 g/mol. The summed E-state index contributed by atoms with van der Waals surface area (Å²) in [4.78, 5) is 21.5. The Morgan fingerprint density at radius 1 is 1.33 bits per heavy atom. The van der Waals surface area contributed by atoms with E-state index in [0.29, 0.717) is 0 Å². The topological polar surface area (TPSA) is 63.1 Å². The number of carboxylic acids is 1. The van der Waals surface area contributed by atoms with Gasteiger partial charge in [0, 0.05) is 16.5 Å². The molecule has 0 aliphatic heterocycles. The normalized spacial score (nSPS) is 10.7. The molecule has 6 heteroatoms. The van der Waals surface area contributed by atoms with E-state index in [0.717, 1.165) is 31.7 Å². The third-order valence-electron chi connectivity index (χ3n) is 2.96. The van der Waals surface area contributed by atoms with Crippen LogP contribution in [0.15, 0.2) is 35.8 Å². The number of hydrogen-bond donors (Lipinski definition) is 1. The van der Waals surface area contributed by atoms with Crippen LogP contribution in [0.25, 0.3) is 21.3 Å². The zero-order valence-electron chi connectivity index (χ0n) is 11.2. The highest BCUT2D eigenvalue weighted by Crippen LogP contribution is 2.33. The molecule has 21 heavy (non-hydrogen) atoms. The second-order valence-electron chi connectivity index (χ2n) is 4.54. The highest BCUT2D eigenvalue weighted by molar-refractivity contribution is 7.16. The average Bonchev–Trinajstić information content (AvgIpc) is 3.07. The highest BCUT2D eigenvalue weighted by Gasteiger charge is 2.12. The molecule has 0 atom stereocenters. The molecule has 0 saturated carbocycles. The van der Waals surface area contributed by atoms with Gasteiger partial charge < -0.3 is 5.11 Å². The van der Waals surface area contributed by atoms with Crippen LogP contribution in [0.5, 0.6) is 0 Å². The molecule has 3 aromatic heterocycles. The van der Waals surface area contributed by atoms with E-state index in [4.69, 9.17) is 5.11 Å². The maximum atomic E-state index is 10.7. The molecule has 106 valence electrons. The first kappa shape index (κ1) is 13.9. The van der Waals surface area contributed by atoms with Crippen LogP contribution in [-0.4, -0.2) is 21.0 Å². The third kappa shape index (κ3) is 3.01. The van der Waals surface area contributed by atoms with Crippen molar-refractivity contribution in [3.8, 4) is 21.3 Å². The van der Waals surface area contributed by atoms with Crippen molar-refractivity contribution in [3.05, 3.63) is 46.3 Å². The summed E-state index contributed by atoms with van der Waals surface area (Å²) in [5, 5.41) is 11.7. The number of nitrogens with zero attached hydrogens (tertiary/aromatic N) is 2. The first-order valence-corrected chi connectivity index (χ1v) is 8.01. The van der Waals surface area contributed by atoms with Crippen molar-refractivity contribution in [1.82, 2.24) is 9.97 Å². The maximum Gasteiger partial charge on any atom is 0.308 e. The van der Waals surface area contributed by atoms with E-state index >= 15 is 0 Å². The van der Waals surface area contributed by atoms with Gasteiger partial charge in [0.05, 0.1) is 17.0 Å². The molecule has 3 aromatic rings. The third-order valence-corrected chi connectivity index (χ3v) is 4.91. The van der Waals surface area contributed by atoms with Crippen LogP contribution in [0, 0.1) is 6.92 Å². The molecule has 1 N–H and O–H groups in total. The second kappa shape index (κ2) is 5.75. The van der Waals surface area contributed by atoms with Gasteiger partial charge in [-0.05, 0) is 30.7 Å².